The van der Waals surface area contributed by atoms with Crippen LogP contribution in [-0.4, -0.2) is 20.7 Å². The lowest BCUT2D eigenvalue weighted by Crippen LogP contribution is -2.10. The van der Waals surface area contributed by atoms with Crippen LogP contribution in [0.3, 0.4) is 0 Å². The Labute approximate surface area is 188 Å². The second-order valence-corrected chi connectivity index (χ2v) is 7.49. The molecule has 0 aliphatic rings. The van der Waals surface area contributed by atoms with E-state index in [2.05, 4.69) is 20.5 Å². The van der Waals surface area contributed by atoms with Gasteiger partial charge in [0, 0.05) is 15.6 Å². The highest BCUT2D eigenvalue weighted by atomic mass is 35.5. The van der Waals surface area contributed by atoms with Crippen molar-refractivity contribution in [2.24, 2.45) is 5.10 Å². The summed E-state index contributed by atoms with van der Waals surface area (Å²) in [6.07, 6.45) is 1.71. The molecule has 0 spiro atoms. The molecule has 0 atom stereocenters. The second kappa shape index (κ2) is 9.17. The number of hydrazone groups is 1. The third kappa shape index (κ3) is 4.74. The molecule has 0 fully saturated rings. The SMILES string of the molecule is S=c1nc(-c2ccc(Cl)cc2)nc(N/N=C/c2ccccc2)n1-c1ccc(Cl)cc1. The van der Waals surface area contributed by atoms with Gasteiger partial charge in [-0.2, -0.15) is 15.1 Å². The highest BCUT2D eigenvalue weighted by molar-refractivity contribution is 7.71. The third-order valence-electron chi connectivity index (χ3n) is 4.18. The van der Waals surface area contributed by atoms with Gasteiger partial charge in [-0.05, 0) is 66.3 Å². The fraction of sp³-hybridized carbons (Fsp3) is 0. The van der Waals surface area contributed by atoms with Crippen LogP contribution >= 0.6 is 35.4 Å². The zero-order valence-electron chi connectivity index (χ0n) is 15.5. The van der Waals surface area contributed by atoms with Crippen LogP contribution in [0.2, 0.25) is 10.0 Å². The molecule has 8 heteroatoms. The van der Waals surface area contributed by atoms with Crippen LogP contribution < -0.4 is 5.43 Å². The molecule has 0 aliphatic heterocycles. The van der Waals surface area contributed by atoms with E-state index in [1.54, 1.807) is 35.0 Å². The van der Waals surface area contributed by atoms with Gasteiger partial charge in [0.05, 0.1) is 11.9 Å². The first kappa shape index (κ1) is 20.2. The summed E-state index contributed by atoms with van der Waals surface area (Å²) in [5.41, 5.74) is 5.51. The molecule has 0 saturated carbocycles. The Bertz CT molecular complexity index is 1240. The maximum absolute atomic E-state index is 6.03. The van der Waals surface area contributed by atoms with Crippen LogP contribution in [0.15, 0.2) is 84.0 Å². The summed E-state index contributed by atoms with van der Waals surface area (Å²) in [4.78, 5) is 9.15. The lowest BCUT2D eigenvalue weighted by molar-refractivity contribution is 0.899. The van der Waals surface area contributed by atoms with Crippen molar-refractivity contribution in [2.75, 3.05) is 5.43 Å². The van der Waals surface area contributed by atoms with E-state index in [4.69, 9.17) is 35.4 Å². The largest absolute Gasteiger partial charge is 0.254 e. The van der Waals surface area contributed by atoms with Gasteiger partial charge < -0.3 is 0 Å². The van der Waals surface area contributed by atoms with Crippen molar-refractivity contribution >= 4 is 47.6 Å². The highest BCUT2D eigenvalue weighted by Crippen LogP contribution is 2.23. The van der Waals surface area contributed by atoms with Gasteiger partial charge in [0.2, 0.25) is 10.7 Å². The van der Waals surface area contributed by atoms with E-state index in [1.807, 2.05) is 54.6 Å². The molecular weight excluding hydrogens is 437 g/mol. The average molecular weight is 452 g/mol. The summed E-state index contributed by atoms with van der Waals surface area (Å²) < 4.78 is 2.03. The van der Waals surface area contributed by atoms with E-state index < -0.39 is 0 Å². The first-order valence-corrected chi connectivity index (χ1v) is 10.1. The number of halogens is 2. The van der Waals surface area contributed by atoms with Gasteiger partial charge in [0.1, 0.15) is 0 Å². The quantitative estimate of drug-likeness (QED) is 0.216. The van der Waals surface area contributed by atoms with E-state index >= 15 is 0 Å². The van der Waals surface area contributed by atoms with Crippen molar-refractivity contribution in [1.29, 1.82) is 0 Å². The predicted octanol–water partition coefficient (Wildman–Crippen LogP) is 6.42. The van der Waals surface area contributed by atoms with Crippen LogP contribution in [-0.2, 0) is 0 Å². The maximum atomic E-state index is 6.03. The third-order valence-corrected chi connectivity index (χ3v) is 4.96. The van der Waals surface area contributed by atoms with Crippen LogP contribution in [0.25, 0.3) is 17.1 Å². The number of hydrogen-bond acceptors (Lipinski definition) is 5. The fourth-order valence-corrected chi connectivity index (χ4v) is 3.27. The van der Waals surface area contributed by atoms with Crippen molar-refractivity contribution < 1.29 is 0 Å². The van der Waals surface area contributed by atoms with E-state index in [-0.39, 0.29) is 0 Å². The van der Waals surface area contributed by atoms with E-state index in [0.717, 1.165) is 16.8 Å². The van der Waals surface area contributed by atoms with Crippen LogP contribution in [0.1, 0.15) is 5.56 Å². The monoisotopic (exact) mass is 451 g/mol. The van der Waals surface area contributed by atoms with Gasteiger partial charge in [0.15, 0.2) is 5.82 Å². The molecule has 5 nitrogen and oxygen atoms in total. The van der Waals surface area contributed by atoms with Crippen LogP contribution in [0, 0.1) is 4.77 Å². The molecular formula is C22H15Cl2N5S. The Morgan fingerprint density at radius 2 is 1.47 bits per heavy atom. The molecule has 0 radical (unpaired) electrons. The van der Waals surface area contributed by atoms with Crippen molar-refractivity contribution in [3.63, 3.8) is 0 Å². The van der Waals surface area contributed by atoms with Crippen molar-refractivity contribution in [2.45, 2.75) is 0 Å². The predicted molar refractivity (Wildman–Crippen MR) is 125 cm³/mol. The molecule has 3 aromatic carbocycles. The minimum absolute atomic E-state index is 0.328. The number of aromatic nitrogens is 3. The summed E-state index contributed by atoms with van der Waals surface area (Å²) in [5.74, 6) is 0.897. The van der Waals surface area contributed by atoms with Crippen LogP contribution in [0.4, 0.5) is 5.95 Å². The number of rotatable bonds is 5. The molecule has 0 bridgehead atoms. The van der Waals surface area contributed by atoms with Gasteiger partial charge >= 0.3 is 0 Å². The summed E-state index contributed by atoms with van der Waals surface area (Å²) in [5, 5.41) is 5.59. The minimum atomic E-state index is 0.328. The lowest BCUT2D eigenvalue weighted by Gasteiger charge is -2.13. The molecule has 0 unspecified atom stereocenters. The van der Waals surface area contributed by atoms with Gasteiger partial charge in [-0.3, -0.25) is 4.57 Å². The Kier molecular flexibility index (Phi) is 6.18. The summed E-state index contributed by atoms with van der Waals surface area (Å²) in [7, 11) is 0. The zero-order valence-corrected chi connectivity index (χ0v) is 17.9. The summed E-state index contributed by atoms with van der Waals surface area (Å²) in [6.45, 7) is 0. The Morgan fingerprint density at radius 3 is 2.13 bits per heavy atom. The smallest absolute Gasteiger partial charge is 0.232 e. The second-order valence-electron chi connectivity index (χ2n) is 6.25. The van der Waals surface area contributed by atoms with Gasteiger partial charge in [0.25, 0.3) is 0 Å². The molecule has 1 aromatic heterocycles. The molecule has 0 amide bonds. The van der Waals surface area contributed by atoms with Crippen molar-refractivity contribution in [3.05, 3.63) is 99.2 Å². The number of nitrogens with zero attached hydrogens (tertiary/aromatic N) is 4. The number of benzene rings is 3. The van der Waals surface area contributed by atoms with Crippen molar-refractivity contribution in [1.82, 2.24) is 14.5 Å². The topological polar surface area (TPSA) is 55.1 Å². The standard InChI is InChI=1S/C22H15Cl2N5S/c23-17-8-6-16(7-9-17)20-26-21(28-25-14-15-4-2-1-3-5-15)29(22(30)27-20)19-12-10-18(24)11-13-19/h1-14H,(H,26,27,28,30)/b25-14+. The number of hydrogen-bond donors (Lipinski definition) is 1. The van der Waals surface area contributed by atoms with E-state index in [1.165, 1.54) is 0 Å². The molecule has 1 N–H and O–H groups in total. The lowest BCUT2D eigenvalue weighted by atomic mass is 10.2. The average Bonchev–Trinajstić information content (AvgIpc) is 2.76. The fourth-order valence-electron chi connectivity index (χ4n) is 2.74. The normalized spacial score (nSPS) is 11.0. The number of anilines is 1. The van der Waals surface area contributed by atoms with Gasteiger partial charge in [-0.25, -0.2) is 5.43 Å². The number of nitrogens with one attached hydrogen (secondary N) is 1. The molecule has 30 heavy (non-hydrogen) atoms. The summed E-state index contributed by atoms with van der Waals surface area (Å²) in [6, 6.07) is 24.2. The molecule has 4 rings (SSSR count). The van der Waals surface area contributed by atoms with Gasteiger partial charge in [-0.15, -0.1) is 0 Å². The summed E-state index contributed by atoms with van der Waals surface area (Å²) >= 11 is 17.6. The first-order chi connectivity index (χ1) is 14.6. The van der Waals surface area contributed by atoms with Crippen LogP contribution in [0.5, 0.6) is 0 Å². The van der Waals surface area contributed by atoms with Crippen molar-refractivity contribution in [3.8, 4) is 17.1 Å². The Morgan fingerprint density at radius 1 is 0.833 bits per heavy atom. The molecule has 1 heterocycles. The highest BCUT2D eigenvalue weighted by Gasteiger charge is 2.11. The Balaban J connectivity index is 1.78. The molecule has 4 aromatic rings. The molecule has 0 aliphatic carbocycles. The molecule has 148 valence electrons. The first-order valence-electron chi connectivity index (χ1n) is 8.97. The van der Waals surface area contributed by atoms with E-state index in [9.17, 15) is 0 Å². The molecule has 0 saturated heterocycles. The zero-order chi connectivity index (χ0) is 20.9. The van der Waals surface area contributed by atoms with E-state index in [0.29, 0.717) is 26.6 Å². The Hall–Kier alpha value is -3.06. The maximum Gasteiger partial charge on any atom is 0.232 e. The minimum Gasteiger partial charge on any atom is -0.254 e. The van der Waals surface area contributed by atoms with Gasteiger partial charge in [-0.1, -0.05) is 53.5 Å².